The Hall–Kier alpha value is -1.78. The van der Waals surface area contributed by atoms with E-state index in [1.54, 1.807) is 7.05 Å². The molecule has 0 atom stereocenters. The highest BCUT2D eigenvalue weighted by molar-refractivity contribution is 5.96. The highest BCUT2D eigenvalue weighted by atomic mass is 16.1. The van der Waals surface area contributed by atoms with E-state index < -0.39 is 5.91 Å². The first-order valence-corrected chi connectivity index (χ1v) is 3.36. The van der Waals surface area contributed by atoms with E-state index in [1.165, 1.54) is 12.1 Å². The molecule has 1 heterocycles. The Labute approximate surface area is 68.6 Å². The standard InChI is InChI=1S/C7H9N3O2/c1-9-4-2-3-5(11)10-6(4)7(8)12/h2-3,9H,1H3,(H2,8,12)(H,10,11). The van der Waals surface area contributed by atoms with Gasteiger partial charge in [0.15, 0.2) is 0 Å². The molecule has 0 unspecified atom stereocenters. The van der Waals surface area contributed by atoms with Crippen LogP contribution in [0.25, 0.3) is 0 Å². The van der Waals surface area contributed by atoms with Gasteiger partial charge in [0.1, 0.15) is 5.69 Å². The first kappa shape index (κ1) is 8.32. The molecule has 0 fully saturated rings. The van der Waals surface area contributed by atoms with Gasteiger partial charge in [-0.15, -0.1) is 0 Å². The number of carbonyl (C=O) groups excluding carboxylic acids is 1. The molecule has 0 spiro atoms. The fourth-order valence-electron chi connectivity index (χ4n) is 0.877. The maximum absolute atomic E-state index is 10.8. The van der Waals surface area contributed by atoms with Crippen molar-refractivity contribution >= 4 is 11.6 Å². The van der Waals surface area contributed by atoms with E-state index in [-0.39, 0.29) is 11.3 Å². The summed E-state index contributed by atoms with van der Waals surface area (Å²) in [5.41, 5.74) is 5.28. The van der Waals surface area contributed by atoms with Crippen LogP contribution >= 0.6 is 0 Å². The Morgan fingerprint density at radius 2 is 2.25 bits per heavy atom. The summed E-state index contributed by atoms with van der Waals surface area (Å²) in [4.78, 5) is 23.9. The molecule has 0 aliphatic heterocycles. The van der Waals surface area contributed by atoms with Crippen LogP contribution in [0.3, 0.4) is 0 Å². The van der Waals surface area contributed by atoms with Crippen molar-refractivity contribution in [2.75, 3.05) is 12.4 Å². The number of carbonyl (C=O) groups is 1. The third kappa shape index (κ3) is 1.45. The van der Waals surface area contributed by atoms with Gasteiger partial charge in [-0.3, -0.25) is 9.59 Å². The normalized spacial score (nSPS) is 9.42. The average Bonchev–Trinajstić information content (AvgIpc) is 2.04. The maximum atomic E-state index is 10.8. The van der Waals surface area contributed by atoms with Crippen molar-refractivity contribution in [1.29, 1.82) is 0 Å². The maximum Gasteiger partial charge on any atom is 0.267 e. The van der Waals surface area contributed by atoms with E-state index in [0.717, 1.165) is 0 Å². The minimum Gasteiger partial charge on any atom is -0.386 e. The zero-order valence-electron chi connectivity index (χ0n) is 6.55. The van der Waals surface area contributed by atoms with E-state index in [9.17, 15) is 9.59 Å². The lowest BCUT2D eigenvalue weighted by atomic mass is 10.3. The Kier molecular flexibility index (Phi) is 2.14. The smallest absolute Gasteiger partial charge is 0.267 e. The summed E-state index contributed by atoms with van der Waals surface area (Å²) >= 11 is 0. The topological polar surface area (TPSA) is 88.0 Å². The van der Waals surface area contributed by atoms with Crippen molar-refractivity contribution in [3.05, 3.63) is 28.2 Å². The monoisotopic (exact) mass is 167 g/mol. The summed E-state index contributed by atoms with van der Waals surface area (Å²) < 4.78 is 0. The largest absolute Gasteiger partial charge is 0.386 e. The van der Waals surface area contributed by atoms with Gasteiger partial charge in [-0.05, 0) is 6.07 Å². The van der Waals surface area contributed by atoms with Crippen LogP contribution in [0.5, 0.6) is 0 Å². The van der Waals surface area contributed by atoms with Gasteiger partial charge in [0.2, 0.25) is 5.56 Å². The summed E-state index contributed by atoms with van der Waals surface area (Å²) in [6.45, 7) is 0. The molecule has 0 aromatic carbocycles. The Balaban J connectivity index is 3.31. The molecule has 0 saturated heterocycles. The molecule has 1 aromatic rings. The van der Waals surface area contributed by atoms with Crippen molar-refractivity contribution in [2.45, 2.75) is 0 Å². The van der Waals surface area contributed by atoms with Crippen molar-refractivity contribution < 1.29 is 4.79 Å². The molecular weight excluding hydrogens is 158 g/mol. The van der Waals surface area contributed by atoms with Gasteiger partial charge in [-0.1, -0.05) is 0 Å². The molecule has 0 saturated carbocycles. The van der Waals surface area contributed by atoms with Gasteiger partial charge >= 0.3 is 0 Å². The first-order valence-electron chi connectivity index (χ1n) is 3.36. The van der Waals surface area contributed by atoms with Crippen molar-refractivity contribution in [2.24, 2.45) is 5.73 Å². The number of pyridine rings is 1. The molecule has 1 rings (SSSR count). The minimum atomic E-state index is -0.656. The van der Waals surface area contributed by atoms with E-state index >= 15 is 0 Å². The van der Waals surface area contributed by atoms with Crippen LogP contribution in [0.1, 0.15) is 10.5 Å². The summed E-state index contributed by atoms with van der Waals surface area (Å²) in [7, 11) is 1.64. The number of nitrogens with one attached hydrogen (secondary N) is 2. The lowest BCUT2D eigenvalue weighted by Gasteiger charge is -2.03. The summed E-state index contributed by atoms with van der Waals surface area (Å²) in [6, 6.07) is 2.82. The minimum absolute atomic E-state index is 0.102. The second-order valence-electron chi connectivity index (χ2n) is 2.23. The van der Waals surface area contributed by atoms with Crippen molar-refractivity contribution in [1.82, 2.24) is 4.98 Å². The van der Waals surface area contributed by atoms with Crippen LogP contribution in [0.15, 0.2) is 16.9 Å². The molecule has 5 nitrogen and oxygen atoms in total. The lowest BCUT2D eigenvalue weighted by Crippen LogP contribution is -2.20. The van der Waals surface area contributed by atoms with Crippen molar-refractivity contribution in [3.8, 4) is 0 Å². The van der Waals surface area contributed by atoms with E-state index in [4.69, 9.17) is 5.73 Å². The number of aromatic amines is 1. The zero-order valence-corrected chi connectivity index (χ0v) is 6.55. The summed E-state index contributed by atoms with van der Waals surface area (Å²) in [5.74, 6) is -0.656. The van der Waals surface area contributed by atoms with E-state index in [2.05, 4.69) is 10.3 Å². The van der Waals surface area contributed by atoms with Gasteiger partial charge in [-0.25, -0.2) is 0 Å². The number of hydrogen-bond donors (Lipinski definition) is 3. The average molecular weight is 167 g/mol. The molecule has 4 N–H and O–H groups in total. The van der Waals surface area contributed by atoms with Crippen molar-refractivity contribution in [3.63, 3.8) is 0 Å². The van der Waals surface area contributed by atoms with Crippen LogP contribution in [-0.2, 0) is 0 Å². The van der Waals surface area contributed by atoms with Crippen LogP contribution in [0.4, 0.5) is 5.69 Å². The molecular formula is C7H9N3O2. The summed E-state index contributed by atoms with van der Waals surface area (Å²) in [5, 5.41) is 2.73. The molecule has 0 aliphatic rings. The molecule has 1 amide bonds. The van der Waals surface area contributed by atoms with Gasteiger partial charge in [0.25, 0.3) is 5.91 Å². The molecule has 0 radical (unpaired) electrons. The fourth-order valence-corrected chi connectivity index (χ4v) is 0.877. The number of rotatable bonds is 2. The third-order valence-electron chi connectivity index (χ3n) is 1.43. The van der Waals surface area contributed by atoms with Crippen LogP contribution in [-0.4, -0.2) is 17.9 Å². The van der Waals surface area contributed by atoms with E-state index in [0.29, 0.717) is 5.69 Å². The summed E-state index contributed by atoms with van der Waals surface area (Å²) in [6.07, 6.45) is 0. The second kappa shape index (κ2) is 3.08. The number of hydrogen-bond acceptors (Lipinski definition) is 3. The molecule has 1 aromatic heterocycles. The zero-order chi connectivity index (χ0) is 9.14. The Morgan fingerprint density at radius 1 is 1.58 bits per heavy atom. The highest BCUT2D eigenvalue weighted by Crippen LogP contribution is 2.07. The number of amides is 1. The number of anilines is 1. The highest BCUT2D eigenvalue weighted by Gasteiger charge is 2.06. The van der Waals surface area contributed by atoms with E-state index in [1.807, 2.05) is 0 Å². The molecule has 64 valence electrons. The first-order chi connectivity index (χ1) is 5.65. The van der Waals surface area contributed by atoms with Gasteiger partial charge < -0.3 is 16.0 Å². The molecule has 5 heteroatoms. The SMILES string of the molecule is CNc1ccc(=O)[nH]c1C(N)=O. The predicted molar refractivity (Wildman–Crippen MR) is 45.1 cm³/mol. The van der Waals surface area contributed by atoms with Crippen LogP contribution in [0, 0.1) is 0 Å². The number of nitrogens with two attached hydrogens (primary N) is 1. The predicted octanol–water partition coefficient (Wildman–Crippen LogP) is -0.485. The quantitative estimate of drug-likeness (QED) is 0.555. The second-order valence-corrected chi connectivity index (χ2v) is 2.23. The molecule has 12 heavy (non-hydrogen) atoms. The Morgan fingerprint density at radius 3 is 2.75 bits per heavy atom. The van der Waals surface area contributed by atoms with Gasteiger partial charge in [0, 0.05) is 13.1 Å². The number of primary amides is 1. The Bertz CT molecular complexity index is 356. The lowest BCUT2D eigenvalue weighted by molar-refractivity contribution is 0.0996. The number of H-pyrrole nitrogens is 1. The van der Waals surface area contributed by atoms with Gasteiger partial charge in [-0.2, -0.15) is 0 Å². The fraction of sp³-hybridized carbons (Fsp3) is 0.143. The molecule has 0 aliphatic carbocycles. The third-order valence-corrected chi connectivity index (χ3v) is 1.43. The molecule has 0 bridgehead atoms. The van der Waals surface area contributed by atoms with Gasteiger partial charge in [0.05, 0.1) is 5.69 Å². The van der Waals surface area contributed by atoms with Crippen LogP contribution in [0.2, 0.25) is 0 Å². The van der Waals surface area contributed by atoms with Crippen LogP contribution < -0.4 is 16.6 Å². The number of aromatic nitrogens is 1.